The molecule has 0 aliphatic carbocycles. The van der Waals surface area contributed by atoms with Gasteiger partial charge in [0.25, 0.3) is 5.91 Å². The van der Waals surface area contributed by atoms with Crippen LogP contribution in [0.25, 0.3) is 0 Å². The molecule has 1 aliphatic heterocycles. The van der Waals surface area contributed by atoms with Gasteiger partial charge in [-0.15, -0.1) is 0 Å². The van der Waals surface area contributed by atoms with Gasteiger partial charge in [-0.1, -0.05) is 13.8 Å². The molecular formula is C16H26N4O2. The van der Waals surface area contributed by atoms with Gasteiger partial charge in [0.05, 0.1) is 17.5 Å². The number of rotatable bonds is 5. The lowest BCUT2D eigenvalue weighted by Gasteiger charge is -2.24. The number of hydrogen-bond acceptors (Lipinski definition) is 3. The first-order valence-electron chi connectivity index (χ1n) is 8.01. The highest BCUT2D eigenvalue weighted by molar-refractivity contribution is 5.95. The highest BCUT2D eigenvalue weighted by Crippen LogP contribution is 2.22. The zero-order chi connectivity index (χ0) is 16.3. The first kappa shape index (κ1) is 16.5. The lowest BCUT2D eigenvalue weighted by molar-refractivity contribution is -0.124. The number of aryl methyl sites for hydroxylation is 1. The molecule has 0 bridgehead atoms. The summed E-state index contributed by atoms with van der Waals surface area (Å²) in [6.07, 6.45) is 3.40. The van der Waals surface area contributed by atoms with E-state index in [0.717, 1.165) is 25.1 Å². The molecule has 6 nitrogen and oxygen atoms in total. The van der Waals surface area contributed by atoms with Gasteiger partial charge in [0.1, 0.15) is 0 Å². The van der Waals surface area contributed by atoms with Crippen LogP contribution < -0.4 is 10.6 Å². The fourth-order valence-electron chi connectivity index (χ4n) is 2.65. The first-order valence-corrected chi connectivity index (χ1v) is 8.01. The van der Waals surface area contributed by atoms with E-state index >= 15 is 0 Å². The van der Waals surface area contributed by atoms with Crippen molar-refractivity contribution in [3.05, 3.63) is 17.5 Å². The van der Waals surface area contributed by atoms with Crippen molar-refractivity contribution in [2.75, 3.05) is 6.54 Å². The van der Waals surface area contributed by atoms with Gasteiger partial charge >= 0.3 is 0 Å². The van der Waals surface area contributed by atoms with Crippen LogP contribution in [0.15, 0.2) is 6.20 Å². The second kappa shape index (κ2) is 6.94. The average Bonchev–Trinajstić information content (AvgIpc) is 2.86. The predicted molar refractivity (Wildman–Crippen MR) is 84.5 cm³/mol. The molecule has 0 saturated heterocycles. The Morgan fingerprint density at radius 1 is 1.36 bits per heavy atom. The number of amides is 2. The van der Waals surface area contributed by atoms with Gasteiger partial charge in [0.2, 0.25) is 5.91 Å². The summed E-state index contributed by atoms with van der Waals surface area (Å²) in [4.78, 5) is 23.9. The van der Waals surface area contributed by atoms with E-state index < -0.39 is 0 Å². The quantitative estimate of drug-likeness (QED) is 0.862. The molecule has 2 amide bonds. The van der Waals surface area contributed by atoms with E-state index in [4.69, 9.17) is 0 Å². The van der Waals surface area contributed by atoms with Crippen LogP contribution in [0.4, 0.5) is 0 Å². The minimum absolute atomic E-state index is 0.00139. The predicted octanol–water partition coefficient (Wildman–Crippen LogP) is 1.36. The highest BCUT2D eigenvalue weighted by atomic mass is 16.2. The third-order valence-corrected chi connectivity index (χ3v) is 3.93. The average molecular weight is 306 g/mol. The van der Waals surface area contributed by atoms with Gasteiger partial charge in [-0.3, -0.25) is 14.3 Å². The van der Waals surface area contributed by atoms with E-state index in [1.54, 1.807) is 6.20 Å². The Labute approximate surface area is 131 Å². The van der Waals surface area contributed by atoms with Gasteiger partial charge in [-0.25, -0.2) is 0 Å². The third kappa shape index (κ3) is 3.87. The largest absolute Gasteiger partial charge is 0.356 e. The molecule has 0 aromatic carbocycles. The summed E-state index contributed by atoms with van der Waals surface area (Å²) in [5.74, 6) is 0.374. The maximum atomic E-state index is 12.2. The molecule has 0 fully saturated rings. The molecule has 2 N–H and O–H groups in total. The van der Waals surface area contributed by atoms with Crippen molar-refractivity contribution in [1.29, 1.82) is 0 Å². The molecule has 1 aliphatic rings. The minimum Gasteiger partial charge on any atom is -0.356 e. The Kier molecular flexibility index (Phi) is 5.21. The second-order valence-corrected chi connectivity index (χ2v) is 6.61. The fraction of sp³-hybridized carbons (Fsp3) is 0.688. The van der Waals surface area contributed by atoms with Crippen LogP contribution in [0.2, 0.25) is 0 Å². The van der Waals surface area contributed by atoms with Gasteiger partial charge < -0.3 is 10.6 Å². The van der Waals surface area contributed by atoms with Crippen LogP contribution in [0.3, 0.4) is 0 Å². The molecule has 2 heterocycles. The van der Waals surface area contributed by atoms with E-state index in [1.807, 2.05) is 32.4 Å². The summed E-state index contributed by atoms with van der Waals surface area (Å²) in [5, 5.41) is 10.2. The number of carbonyl (C=O) groups is 2. The number of fused-ring (bicyclic) bond motifs is 1. The van der Waals surface area contributed by atoms with E-state index in [2.05, 4.69) is 15.7 Å². The Bertz CT molecular complexity index is 548. The van der Waals surface area contributed by atoms with E-state index in [9.17, 15) is 9.59 Å². The molecule has 0 spiro atoms. The number of nitrogens with zero attached hydrogens (tertiary/aromatic N) is 2. The number of hydrogen-bond donors (Lipinski definition) is 2. The molecule has 122 valence electrons. The normalized spacial score (nSPS) is 17.5. The van der Waals surface area contributed by atoms with Crippen molar-refractivity contribution >= 4 is 11.8 Å². The van der Waals surface area contributed by atoms with Crippen LogP contribution in [0.5, 0.6) is 0 Å². The van der Waals surface area contributed by atoms with Crippen LogP contribution in [0.1, 0.15) is 50.2 Å². The minimum atomic E-state index is -0.0666. The monoisotopic (exact) mass is 306 g/mol. The second-order valence-electron chi connectivity index (χ2n) is 6.61. The van der Waals surface area contributed by atoms with E-state index in [0.29, 0.717) is 18.0 Å². The summed E-state index contributed by atoms with van der Waals surface area (Å²) in [7, 11) is 0. The van der Waals surface area contributed by atoms with Crippen molar-refractivity contribution in [3.8, 4) is 0 Å². The van der Waals surface area contributed by atoms with Crippen molar-refractivity contribution in [3.63, 3.8) is 0 Å². The molecular weight excluding hydrogens is 280 g/mol. The molecule has 22 heavy (non-hydrogen) atoms. The van der Waals surface area contributed by atoms with Gasteiger partial charge in [0.15, 0.2) is 0 Å². The van der Waals surface area contributed by atoms with Crippen LogP contribution in [-0.4, -0.2) is 34.2 Å². The standard InChI is InChI=1S/C16H26N4O2/c1-10(2)15(21)17-8-12-5-6-20-14(7-12)13(9-18-20)16(22)19-11(3)4/h9-12H,5-8H2,1-4H3,(H,17,21)(H,19,22). The lowest BCUT2D eigenvalue weighted by atomic mass is 9.94. The van der Waals surface area contributed by atoms with Gasteiger partial charge in [0, 0.05) is 25.0 Å². The topological polar surface area (TPSA) is 76.0 Å². The summed E-state index contributed by atoms with van der Waals surface area (Å²) in [6, 6.07) is 0.104. The van der Waals surface area contributed by atoms with Crippen molar-refractivity contribution < 1.29 is 9.59 Å². The van der Waals surface area contributed by atoms with E-state index in [1.165, 1.54) is 0 Å². The van der Waals surface area contributed by atoms with Crippen LogP contribution in [-0.2, 0) is 17.8 Å². The molecule has 2 rings (SSSR count). The zero-order valence-corrected chi connectivity index (χ0v) is 13.8. The van der Waals surface area contributed by atoms with Gasteiger partial charge in [-0.2, -0.15) is 5.10 Å². The molecule has 1 aromatic heterocycles. The number of nitrogens with one attached hydrogen (secondary N) is 2. The maximum Gasteiger partial charge on any atom is 0.254 e. The van der Waals surface area contributed by atoms with Crippen LogP contribution in [0, 0.1) is 11.8 Å². The number of carbonyl (C=O) groups excluding carboxylic acids is 2. The Hall–Kier alpha value is -1.85. The molecule has 1 aromatic rings. The Morgan fingerprint density at radius 3 is 2.73 bits per heavy atom. The summed E-state index contributed by atoms with van der Waals surface area (Å²) >= 11 is 0. The maximum absolute atomic E-state index is 12.2. The molecule has 1 atom stereocenters. The molecule has 6 heteroatoms. The third-order valence-electron chi connectivity index (χ3n) is 3.93. The Morgan fingerprint density at radius 2 is 2.09 bits per heavy atom. The summed E-state index contributed by atoms with van der Waals surface area (Å²) in [5.41, 5.74) is 1.64. The lowest BCUT2D eigenvalue weighted by Crippen LogP contribution is -2.36. The van der Waals surface area contributed by atoms with Crippen molar-refractivity contribution in [2.24, 2.45) is 11.8 Å². The first-order chi connectivity index (χ1) is 10.4. The summed E-state index contributed by atoms with van der Waals surface area (Å²) < 4.78 is 1.91. The fourth-order valence-corrected chi connectivity index (χ4v) is 2.65. The Balaban J connectivity index is 2.01. The molecule has 0 saturated carbocycles. The summed E-state index contributed by atoms with van der Waals surface area (Å²) in [6.45, 7) is 9.12. The van der Waals surface area contributed by atoms with Gasteiger partial charge in [-0.05, 0) is 32.6 Å². The van der Waals surface area contributed by atoms with Crippen molar-refractivity contribution in [1.82, 2.24) is 20.4 Å². The van der Waals surface area contributed by atoms with E-state index in [-0.39, 0.29) is 23.8 Å². The number of aromatic nitrogens is 2. The smallest absolute Gasteiger partial charge is 0.254 e. The molecule has 1 unspecified atom stereocenters. The van der Waals surface area contributed by atoms with Crippen molar-refractivity contribution in [2.45, 2.75) is 53.1 Å². The molecule has 0 radical (unpaired) electrons. The SMILES string of the molecule is CC(C)NC(=O)c1cnn2c1CC(CNC(=O)C(C)C)CC2. The van der Waals surface area contributed by atoms with Crippen LogP contribution >= 0.6 is 0 Å². The highest BCUT2D eigenvalue weighted by Gasteiger charge is 2.25. The zero-order valence-electron chi connectivity index (χ0n) is 13.8.